The molecule has 0 bridgehead atoms. The Labute approximate surface area is 205 Å². The number of nitrogens with one attached hydrogen (secondary N) is 1. The van der Waals surface area contributed by atoms with Crippen molar-refractivity contribution in [1.82, 2.24) is 4.90 Å². The third-order valence-corrected chi connectivity index (χ3v) is 8.63. The smallest absolute Gasteiger partial charge is 0.382 e. The van der Waals surface area contributed by atoms with E-state index in [1.165, 1.54) is 41.6 Å². The largest absolute Gasteiger partial charge is 0.416 e. The van der Waals surface area contributed by atoms with Crippen LogP contribution >= 0.6 is 11.8 Å². The summed E-state index contributed by atoms with van der Waals surface area (Å²) in [5.74, 6) is 0.682. The quantitative estimate of drug-likeness (QED) is 0.420. The fourth-order valence-electron chi connectivity index (χ4n) is 5.51. The van der Waals surface area contributed by atoms with Gasteiger partial charge in [-0.1, -0.05) is 31.7 Å². The second kappa shape index (κ2) is 9.65. The number of benzene rings is 2. The van der Waals surface area contributed by atoms with Crippen LogP contribution in [-0.2, 0) is 12.6 Å². The van der Waals surface area contributed by atoms with E-state index in [4.69, 9.17) is 0 Å². The number of fused-ring (bicyclic) bond motifs is 2. The predicted octanol–water partition coefficient (Wildman–Crippen LogP) is 6.89. The molecule has 1 N–H and O–H groups in total. The first-order valence-electron chi connectivity index (χ1n) is 12.6. The Kier molecular flexibility index (Phi) is 6.77. The Morgan fingerprint density at radius 2 is 1.82 bits per heavy atom. The van der Waals surface area contributed by atoms with Gasteiger partial charge in [0.25, 0.3) is 0 Å². The SMILES string of the molecule is CCCN1CCC(Nc2cc(C(F)(F)F)cc3c2Cc2ccc(N4CCC(C)C4)cc2S3)CC1. The average molecular weight is 490 g/mol. The minimum Gasteiger partial charge on any atom is -0.382 e. The number of halogens is 3. The first-order chi connectivity index (χ1) is 16.3. The Hall–Kier alpha value is -1.86. The minimum atomic E-state index is -4.36. The first-order valence-corrected chi connectivity index (χ1v) is 13.4. The molecule has 0 radical (unpaired) electrons. The molecule has 3 aliphatic heterocycles. The zero-order valence-electron chi connectivity index (χ0n) is 20.0. The zero-order chi connectivity index (χ0) is 23.9. The highest BCUT2D eigenvalue weighted by molar-refractivity contribution is 7.99. The summed E-state index contributed by atoms with van der Waals surface area (Å²) >= 11 is 1.49. The molecule has 2 saturated heterocycles. The molecule has 0 amide bonds. The number of alkyl halides is 3. The van der Waals surface area contributed by atoms with Crippen molar-refractivity contribution in [3.8, 4) is 0 Å². The van der Waals surface area contributed by atoms with E-state index < -0.39 is 11.7 Å². The predicted molar refractivity (Wildman–Crippen MR) is 134 cm³/mol. The van der Waals surface area contributed by atoms with Crippen LogP contribution in [0.25, 0.3) is 0 Å². The molecule has 0 saturated carbocycles. The van der Waals surface area contributed by atoms with Gasteiger partial charge >= 0.3 is 6.18 Å². The Balaban J connectivity index is 1.41. The minimum absolute atomic E-state index is 0.214. The van der Waals surface area contributed by atoms with Crippen molar-refractivity contribution in [2.75, 3.05) is 42.9 Å². The molecule has 3 aliphatic rings. The van der Waals surface area contributed by atoms with E-state index in [-0.39, 0.29) is 6.04 Å². The Morgan fingerprint density at radius 3 is 2.50 bits per heavy atom. The highest BCUT2D eigenvalue weighted by Crippen LogP contribution is 2.47. The number of piperidine rings is 1. The van der Waals surface area contributed by atoms with Crippen LogP contribution in [0.15, 0.2) is 40.1 Å². The van der Waals surface area contributed by atoms with Gasteiger partial charge in [-0.05, 0) is 73.5 Å². The van der Waals surface area contributed by atoms with Gasteiger partial charge in [-0.25, -0.2) is 0 Å². The third kappa shape index (κ3) is 5.06. The van der Waals surface area contributed by atoms with E-state index >= 15 is 0 Å². The third-order valence-electron chi connectivity index (χ3n) is 7.45. The van der Waals surface area contributed by atoms with Crippen LogP contribution in [0.3, 0.4) is 0 Å². The van der Waals surface area contributed by atoms with Crippen LogP contribution in [-0.4, -0.2) is 43.7 Å². The lowest BCUT2D eigenvalue weighted by molar-refractivity contribution is -0.137. The summed E-state index contributed by atoms with van der Waals surface area (Å²) in [5, 5.41) is 3.53. The number of hydrogen-bond donors (Lipinski definition) is 1. The number of nitrogens with zero attached hydrogens (tertiary/aromatic N) is 2. The molecule has 3 nitrogen and oxygen atoms in total. The molecule has 1 atom stereocenters. The second-order valence-corrected chi connectivity index (χ2v) is 11.3. The topological polar surface area (TPSA) is 18.5 Å². The van der Waals surface area contributed by atoms with Crippen molar-refractivity contribution < 1.29 is 13.2 Å². The van der Waals surface area contributed by atoms with Crippen molar-refractivity contribution in [1.29, 1.82) is 0 Å². The maximum atomic E-state index is 13.8. The van der Waals surface area contributed by atoms with Gasteiger partial charge in [0.15, 0.2) is 0 Å². The lowest BCUT2D eigenvalue weighted by Gasteiger charge is -2.34. The Bertz CT molecular complexity index is 1030. The molecule has 2 fully saturated rings. The number of likely N-dealkylation sites (tertiary alicyclic amines) is 1. The highest BCUT2D eigenvalue weighted by Gasteiger charge is 2.34. The second-order valence-electron chi connectivity index (χ2n) is 10.2. The molecule has 3 heterocycles. The number of anilines is 2. The first kappa shape index (κ1) is 23.9. The molecule has 2 aromatic carbocycles. The van der Waals surface area contributed by atoms with Crippen LogP contribution in [0.4, 0.5) is 24.5 Å². The van der Waals surface area contributed by atoms with Crippen molar-refractivity contribution in [3.63, 3.8) is 0 Å². The van der Waals surface area contributed by atoms with Gasteiger partial charge in [0, 0.05) is 59.8 Å². The molecule has 184 valence electrons. The van der Waals surface area contributed by atoms with Crippen LogP contribution < -0.4 is 10.2 Å². The van der Waals surface area contributed by atoms with Crippen LogP contribution in [0.1, 0.15) is 56.2 Å². The van der Waals surface area contributed by atoms with Gasteiger partial charge in [-0.15, -0.1) is 0 Å². The van der Waals surface area contributed by atoms with Crippen LogP contribution in [0, 0.1) is 5.92 Å². The van der Waals surface area contributed by atoms with E-state index in [2.05, 4.69) is 47.2 Å². The molecule has 5 rings (SSSR count). The van der Waals surface area contributed by atoms with E-state index in [9.17, 15) is 13.2 Å². The van der Waals surface area contributed by atoms with Crippen molar-refractivity contribution >= 4 is 23.1 Å². The summed E-state index contributed by atoms with van der Waals surface area (Å²) in [7, 11) is 0. The van der Waals surface area contributed by atoms with Gasteiger partial charge in [-0.2, -0.15) is 13.2 Å². The number of rotatable bonds is 5. The van der Waals surface area contributed by atoms with Crippen molar-refractivity contribution in [3.05, 3.63) is 47.0 Å². The summed E-state index contributed by atoms with van der Waals surface area (Å²) in [6.45, 7) is 9.64. The summed E-state index contributed by atoms with van der Waals surface area (Å²) in [5.41, 5.74) is 3.49. The zero-order valence-corrected chi connectivity index (χ0v) is 20.9. The van der Waals surface area contributed by atoms with Gasteiger partial charge in [0.2, 0.25) is 0 Å². The highest BCUT2D eigenvalue weighted by atomic mass is 32.2. The van der Waals surface area contributed by atoms with Gasteiger partial charge < -0.3 is 15.1 Å². The molecule has 0 aromatic heterocycles. The van der Waals surface area contributed by atoms with Gasteiger partial charge in [-0.3, -0.25) is 0 Å². The molecule has 1 unspecified atom stereocenters. The molecule has 7 heteroatoms. The molecule has 0 aliphatic carbocycles. The van der Waals surface area contributed by atoms with Crippen LogP contribution in [0.5, 0.6) is 0 Å². The summed E-state index contributed by atoms with van der Waals surface area (Å²) in [6.07, 6.45) is 0.565. The van der Waals surface area contributed by atoms with Gasteiger partial charge in [0.1, 0.15) is 0 Å². The van der Waals surface area contributed by atoms with E-state index in [1.807, 2.05) is 0 Å². The maximum absolute atomic E-state index is 13.8. The standard InChI is InChI=1S/C27H34F3N3S/c1-3-9-32-10-7-21(8-11-32)31-24-14-20(27(28,29)30)15-26-23(24)13-19-4-5-22(16-25(19)34-26)33-12-6-18(2)17-33/h4-5,14-16,18,21,31H,3,6-13,17H2,1-2H3. The summed E-state index contributed by atoms with van der Waals surface area (Å²) in [6, 6.07) is 9.44. The van der Waals surface area contributed by atoms with E-state index in [0.717, 1.165) is 67.3 Å². The molecule has 34 heavy (non-hydrogen) atoms. The maximum Gasteiger partial charge on any atom is 0.416 e. The lowest BCUT2D eigenvalue weighted by Crippen LogP contribution is -2.39. The summed E-state index contributed by atoms with van der Waals surface area (Å²) < 4.78 is 41.4. The molecular formula is C27H34F3N3S. The molecule has 0 spiro atoms. The molecular weight excluding hydrogens is 455 g/mol. The normalized spacial score (nSPS) is 21.4. The fraction of sp³-hybridized carbons (Fsp3) is 0.556. The van der Waals surface area contributed by atoms with Crippen LogP contribution in [0.2, 0.25) is 0 Å². The Morgan fingerprint density at radius 1 is 1.03 bits per heavy atom. The van der Waals surface area contributed by atoms with Crippen molar-refractivity contribution in [2.24, 2.45) is 5.92 Å². The van der Waals surface area contributed by atoms with Crippen molar-refractivity contribution in [2.45, 2.75) is 68.0 Å². The lowest BCUT2D eigenvalue weighted by atomic mass is 9.98. The molecule has 2 aromatic rings. The monoisotopic (exact) mass is 489 g/mol. The average Bonchev–Trinajstić information content (AvgIpc) is 3.24. The number of hydrogen-bond acceptors (Lipinski definition) is 4. The van der Waals surface area contributed by atoms with E-state index in [1.54, 1.807) is 0 Å². The summed E-state index contributed by atoms with van der Waals surface area (Å²) in [4.78, 5) is 6.67. The van der Waals surface area contributed by atoms with Gasteiger partial charge in [0.05, 0.1) is 5.56 Å². The van der Waals surface area contributed by atoms with E-state index in [0.29, 0.717) is 18.0 Å². The fourth-order valence-corrected chi connectivity index (χ4v) is 6.69.